The van der Waals surface area contributed by atoms with E-state index in [9.17, 15) is 4.79 Å². The number of nitrogens with zero attached hydrogens (tertiary/aromatic N) is 1. The molecule has 0 spiro atoms. The number of aryl methyl sites for hydroxylation is 1. The van der Waals surface area contributed by atoms with Gasteiger partial charge in [-0.1, -0.05) is 12.1 Å². The van der Waals surface area contributed by atoms with E-state index in [2.05, 4.69) is 19.1 Å². The molecular formula is C17H23NO3. The van der Waals surface area contributed by atoms with Crippen LogP contribution in [-0.2, 0) is 9.53 Å². The SMILES string of the molecule is Cc1cccc(OC2CCN(C(=O)[C@@H]3CCOC3)CC2)c1. The molecule has 3 rings (SSSR count). The summed E-state index contributed by atoms with van der Waals surface area (Å²) in [6, 6.07) is 8.15. The maximum Gasteiger partial charge on any atom is 0.228 e. The lowest BCUT2D eigenvalue weighted by atomic mass is 10.0. The van der Waals surface area contributed by atoms with E-state index in [1.165, 1.54) is 5.56 Å². The third kappa shape index (κ3) is 3.56. The Hall–Kier alpha value is -1.55. The average Bonchev–Trinajstić information content (AvgIpc) is 3.01. The number of likely N-dealkylation sites (tertiary alicyclic amines) is 1. The van der Waals surface area contributed by atoms with Crippen molar-refractivity contribution in [1.82, 2.24) is 4.90 Å². The number of hydrogen-bond donors (Lipinski definition) is 0. The molecule has 2 saturated heterocycles. The Morgan fingerprint density at radius 1 is 1.29 bits per heavy atom. The number of ether oxygens (including phenoxy) is 2. The zero-order chi connectivity index (χ0) is 14.7. The van der Waals surface area contributed by atoms with Gasteiger partial charge in [0.25, 0.3) is 0 Å². The number of benzene rings is 1. The molecule has 0 bridgehead atoms. The quantitative estimate of drug-likeness (QED) is 0.857. The number of piperidine rings is 1. The summed E-state index contributed by atoms with van der Waals surface area (Å²) in [4.78, 5) is 14.3. The molecule has 0 aliphatic carbocycles. The largest absolute Gasteiger partial charge is 0.490 e. The monoisotopic (exact) mass is 289 g/mol. The van der Waals surface area contributed by atoms with Crippen LogP contribution in [0.4, 0.5) is 0 Å². The summed E-state index contributed by atoms with van der Waals surface area (Å²) in [6.07, 6.45) is 2.91. The molecule has 2 aliphatic heterocycles. The van der Waals surface area contributed by atoms with E-state index < -0.39 is 0 Å². The van der Waals surface area contributed by atoms with Crippen molar-refractivity contribution in [2.24, 2.45) is 5.92 Å². The van der Waals surface area contributed by atoms with Crippen molar-refractivity contribution in [3.63, 3.8) is 0 Å². The van der Waals surface area contributed by atoms with E-state index in [-0.39, 0.29) is 17.9 Å². The van der Waals surface area contributed by atoms with E-state index in [1.54, 1.807) is 0 Å². The smallest absolute Gasteiger partial charge is 0.228 e. The second-order valence-electron chi connectivity index (χ2n) is 6.02. The zero-order valence-corrected chi connectivity index (χ0v) is 12.6. The first kappa shape index (κ1) is 14.4. The van der Waals surface area contributed by atoms with Crippen molar-refractivity contribution in [3.8, 4) is 5.75 Å². The predicted octanol–water partition coefficient (Wildman–Crippen LogP) is 2.40. The van der Waals surface area contributed by atoms with E-state index in [1.807, 2.05) is 17.0 Å². The van der Waals surface area contributed by atoms with Gasteiger partial charge in [-0.25, -0.2) is 0 Å². The topological polar surface area (TPSA) is 38.8 Å². The standard InChI is InChI=1S/C17H23NO3/c1-13-3-2-4-16(11-13)21-15-5-8-18(9-6-15)17(19)14-7-10-20-12-14/h2-4,11,14-15H,5-10,12H2,1H3/t14-/m1/s1. The maximum absolute atomic E-state index is 12.3. The van der Waals surface area contributed by atoms with Crippen LogP contribution in [0, 0.1) is 12.8 Å². The van der Waals surface area contributed by atoms with Crippen LogP contribution >= 0.6 is 0 Å². The molecule has 4 nitrogen and oxygen atoms in total. The van der Waals surface area contributed by atoms with Gasteiger partial charge in [-0.3, -0.25) is 4.79 Å². The molecule has 0 unspecified atom stereocenters. The van der Waals surface area contributed by atoms with Crippen molar-refractivity contribution < 1.29 is 14.3 Å². The molecule has 0 aromatic heterocycles. The molecule has 1 atom stereocenters. The van der Waals surface area contributed by atoms with Crippen LogP contribution < -0.4 is 4.74 Å². The van der Waals surface area contributed by atoms with Crippen molar-refractivity contribution in [3.05, 3.63) is 29.8 Å². The Morgan fingerprint density at radius 2 is 2.10 bits per heavy atom. The summed E-state index contributed by atoms with van der Waals surface area (Å²) >= 11 is 0. The van der Waals surface area contributed by atoms with Crippen molar-refractivity contribution in [2.75, 3.05) is 26.3 Å². The maximum atomic E-state index is 12.3. The van der Waals surface area contributed by atoms with Gasteiger partial charge in [0.1, 0.15) is 11.9 Å². The highest BCUT2D eigenvalue weighted by Gasteiger charge is 2.31. The number of carbonyl (C=O) groups excluding carboxylic acids is 1. The van der Waals surface area contributed by atoms with Gasteiger partial charge in [-0.05, 0) is 31.0 Å². The summed E-state index contributed by atoms with van der Waals surface area (Å²) < 4.78 is 11.3. The van der Waals surface area contributed by atoms with Crippen LogP contribution in [0.1, 0.15) is 24.8 Å². The van der Waals surface area contributed by atoms with Crippen LogP contribution in [0.3, 0.4) is 0 Å². The van der Waals surface area contributed by atoms with Crippen molar-refractivity contribution >= 4 is 5.91 Å². The fourth-order valence-electron chi connectivity index (χ4n) is 3.06. The lowest BCUT2D eigenvalue weighted by molar-refractivity contribution is -0.137. The lowest BCUT2D eigenvalue weighted by Gasteiger charge is -2.33. The Balaban J connectivity index is 1.49. The molecule has 21 heavy (non-hydrogen) atoms. The summed E-state index contributed by atoms with van der Waals surface area (Å²) in [5.74, 6) is 1.28. The summed E-state index contributed by atoms with van der Waals surface area (Å²) in [6.45, 7) is 4.98. The highest BCUT2D eigenvalue weighted by atomic mass is 16.5. The van der Waals surface area contributed by atoms with Gasteiger partial charge in [0, 0.05) is 32.5 Å². The first-order valence-corrected chi connectivity index (χ1v) is 7.82. The molecule has 0 saturated carbocycles. The highest BCUT2D eigenvalue weighted by Crippen LogP contribution is 2.22. The minimum atomic E-state index is 0.0826. The van der Waals surface area contributed by atoms with Gasteiger partial charge in [-0.15, -0.1) is 0 Å². The average molecular weight is 289 g/mol. The van der Waals surface area contributed by atoms with Gasteiger partial charge in [0.2, 0.25) is 5.91 Å². The van der Waals surface area contributed by atoms with Gasteiger partial charge >= 0.3 is 0 Å². The van der Waals surface area contributed by atoms with Gasteiger partial charge in [0.15, 0.2) is 0 Å². The number of carbonyl (C=O) groups is 1. The molecule has 1 aromatic carbocycles. The van der Waals surface area contributed by atoms with Crippen LogP contribution in [0.15, 0.2) is 24.3 Å². The number of hydrogen-bond acceptors (Lipinski definition) is 3. The molecule has 2 aliphatic rings. The van der Waals surface area contributed by atoms with Crippen molar-refractivity contribution in [1.29, 1.82) is 0 Å². The summed E-state index contributed by atoms with van der Waals surface area (Å²) in [7, 11) is 0. The minimum Gasteiger partial charge on any atom is -0.490 e. The first-order valence-electron chi connectivity index (χ1n) is 7.82. The number of amides is 1. The van der Waals surface area contributed by atoms with Gasteiger partial charge in [-0.2, -0.15) is 0 Å². The Bertz CT molecular complexity index is 489. The molecule has 0 radical (unpaired) electrons. The number of rotatable bonds is 3. The van der Waals surface area contributed by atoms with E-state index in [0.717, 1.165) is 44.7 Å². The third-order valence-electron chi connectivity index (χ3n) is 4.32. The van der Waals surface area contributed by atoms with Crippen LogP contribution in [0.5, 0.6) is 5.75 Å². The first-order chi connectivity index (χ1) is 10.2. The van der Waals surface area contributed by atoms with E-state index >= 15 is 0 Å². The van der Waals surface area contributed by atoms with Gasteiger partial charge < -0.3 is 14.4 Å². The Kier molecular flexibility index (Phi) is 4.44. The zero-order valence-electron chi connectivity index (χ0n) is 12.6. The lowest BCUT2D eigenvalue weighted by Crippen LogP contribution is -2.44. The molecule has 1 aromatic rings. The fraction of sp³-hybridized carbons (Fsp3) is 0.588. The third-order valence-corrected chi connectivity index (χ3v) is 4.32. The molecule has 2 fully saturated rings. The summed E-state index contributed by atoms with van der Waals surface area (Å²) in [5, 5.41) is 0. The van der Waals surface area contributed by atoms with E-state index in [4.69, 9.17) is 9.47 Å². The second kappa shape index (κ2) is 6.48. The molecule has 4 heteroatoms. The second-order valence-corrected chi connectivity index (χ2v) is 6.02. The molecule has 2 heterocycles. The molecule has 0 N–H and O–H groups in total. The highest BCUT2D eigenvalue weighted by molar-refractivity contribution is 5.79. The van der Waals surface area contributed by atoms with Crippen LogP contribution in [0.25, 0.3) is 0 Å². The van der Waals surface area contributed by atoms with Crippen LogP contribution in [-0.4, -0.2) is 43.2 Å². The van der Waals surface area contributed by atoms with Crippen molar-refractivity contribution in [2.45, 2.75) is 32.3 Å². The molecular weight excluding hydrogens is 266 g/mol. The van der Waals surface area contributed by atoms with E-state index in [0.29, 0.717) is 6.61 Å². The molecule has 114 valence electrons. The normalized spacial score (nSPS) is 23.3. The fourth-order valence-corrected chi connectivity index (χ4v) is 3.06. The molecule has 1 amide bonds. The Morgan fingerprint density at radius 3 is 2.76 bits per heavy atom. The van der Waals surface area contributed by atoms with Gasteiger partial charge in [0.05, 0.1) is 12.5 Å². The van der Waals surface area contributed by atoms with Crippen LogP contribution in [0.2, 0.25) is 0 Å². The summed E-state index contributed by atoms with van der Waals surface area (Å²) in [5.41, 5.74) is 1.21. The predicted molar refractivity (Wildman–Crippen MR) is 80.3 cm³/mol. The minimum absolute atomic E-state index is 0.0826. The Labute approximate surface area is 126 Å².